The highest BCUT2D eigenvalue weighted by Gasteiger charge is 2.22. The van der Waals surface area contributed by atoms with Crippen molar-refractivity contribution in [2.45, 2.75) is 4.90 Å². The van der Waals surface area contributed by atoms with Crippen molar-refractivity contribution in [1.82, 2.24) is 0 Å². The molecular weight excluding hydrogens is 222 g/mol. The first kappa shape index (κ1) is 11.4. The van der Waals surface area contributed by atoms with Gasteiger partial charge in [0.15, 0.2) is 4.90 Å². The highest BCUT2D eigenvalue weighted by molar-refractivity contribution is 7.89. The molecule has 0 saturated heterocycles. The number of rotatable bonds is 3. The molecule has 0 unspecified atom stereocenters. The van der Waals surface area contributed by atoms with Gasteiger partial charge in [-0.1, -0.05) is 0 Å². The molecule has 15 heavy (non-hydrogen) atoms. The summed E-state index contributed by atoms with van der Waals surface area (Å²) in [6, 6.07) is 3.60. The van der Waals surface area contributed by atoms with E-state index in [1.165, 1.54) is 6.07 Å². The third-order valence-corrected chi connectivity index (χ3v) is 2.71. The molecule has 0 fully saturated rings. The summed E-state index contributed by atoms with van der Waals surface area (Å²) in [4.78, 5) is 9.31. The lowest BCUT2D eigenvalue weighted by atomic mass is 10.3. The van der Waals surface area contributed by atoms with Gasteiger partial charge in [-0.3, -0.25) is 10.1 Å². The Kier molecular flexibility index (Phi) is 2.91. The summed E-state index contributed by atoms with van der Waals surface area (Å²) < 4.78 is 22.0. The normalized spacial score (nSPS) is 11.1. The van der Waals surface area contributed by atoms with Crippen LogP contribution in [0.1, 0.15) is 0 Å². The molecule has 82 valence electrons. The van der Waals surface area contributed by atoms with Gasteiger partial charge in [-0.15, -0.1) is 0 Å². The van der Waals surface area contributed by atoms with Gasteiger partial charge in [-0.25, -0.2) is 13.6 Å². The first-order chi connectivity index (χ1) is 6.86. The molecule has 0 radical (unpaired) electrons. The number of primary sulfonamides is 1. The van der Waals surface area contributed by atoms with Crippen LogP contribution in [0.5, 0.6) is 0 Å². The summed E-state index contributed by atoms with van der Waals surface area (Å²) in [5.41, 5.74) is -0.0987. The average molecular weight is 231 g/mol. The van der Waals surface area contributed by atoms with Crippen molar-refractivity contribution in [3.63, 3.8) is 0 Å². The van der Waals surface area contributed by atoms with Crippen LogP contribution >= 0.6 is 0 Å². The van der Waals surface area contributed by atoms with E-state index >= 15 is 0 Å². The Hall–Kier alpha value is -1.67. The maximum Gasteiger partial charge on any atom is 0.291 e. The van der Waals surface area contributed by atoms with Gasteiger partial charge in [-0.05, 0) is 12.1 Å². The molecule has 1 aromatic rings. The second-order valence-electron chi connectivity index (χ2n) is 2.73. The maximum atomic E-state index is 11.0. The topological polar surface area (TPSA) is 115 Å². The molecule has 8 heteroatoms. The predicted molar refractivity (Wildman–Crippen MR) is 54.0 cm³/mol. The Morgan fingerprint density at radius 2 is 2.07 bits per heavy atom. The summed E-state index contributed by atoms with van der Waals surface area (Å²) in [5.74, 6) is 0. The number of nitro groups is 1. The van der Waals surface area contributed by atoms with Crippen molar-refractivity contribution >= 4 is 21.4 Å². The summed E-state index contributed by atoms with van der Waals surface area (Å²) >= 11 is 0. The zero-order chi connectivity index (χ0) is 11.6. The van der Waals surface area contributed by atoms with E-state index in [0.29, 0.717) is 5.69 Å². The monoisotopic (exact) mass is 231 g/mol. The third-order valence-electron chi connectivity index (χ3n) is 1.75. The molecule has 0 saturated carbocycles. The number of sulfonamides is 1. The number of hydrogen-bond acceptors (Lipinski definition) is 5. The Morgan fingerprint density at radius 1 is 1.47 bits per heavy atom. The van der Waals surface area contributed by atoms with Crippen LogP contribution in [-0.4, -0.2) is 20.4 Å². The molecule has 1 aromatic carbocycles. The number of hydrogen-bond donors (Lipinski definition) is 2. The summed E-state index contributed by atoms with van der Waals surface area (Å²) in [6.45, 7) is 0. The lowest BCUT2D eigenvalue weighted by Gasteiger charge is -2.03. The van der Waals surface area contributed by atoms with E-state index in [0.717, 1.165) is 12.1 Å². The molecule has 0 atom stereocenters. The molecule has 0 aliphatic carbocycles. The van der Waals surface area contributed by atoms with Gasteiger partial charge in [0.05, 0.1) is 4.92 Å². The van der Waals surface area contributed by atoms with Crippen LogP contribution in [0.25, 0.3) is 0 Å². The molecule has 0 spiro atoms. The zero-order valence-corrected chi connectivity index (χ0v) is 8.61. The number of nitro benzene ring substituents is 1. The first-order valence-electron chi connectivity index (χ1n) is 3.85. The number of anilines is 1. The van der Waals surface area contributed by atoms with Crippen LogP contribution in [0.15, 0.2) is 23.1 Å². The fraction of sp³-hybridized carbons (Fsp3) is 0.143. The van der Waals surface area contributed by atoms with E-state index in [1.54, 1.807) is 7.05 Å². The largest absolute Gasteiger partial charge is 0.388 e. The van der Waals surface area contributed by atoms with E-state index in [4.69, 9.17) is 5.14 Å². The molecular formula is C7H9N3O4S. The second kappa shape index (κ2) is 3.83. The predicted octanol–water partition coefficient (Wildman–Crippen LogP) is 0.284. The number of nitrogens with zero attached hydrogens (tertiary/aromatic N) is 1. The Labute approximate surface area is 86.1 Å². The Balaban J connectivity index is 3.48. The quantitative estimate of drug-likeness (QED) is 0.572. The van der Waals surface area contributed by atoms with Gasteiger partial charge in [0.2, 0.25) is 10.0 Å². The zero-order valence-electron chi connectivity index (χ0n) is 7.80. The molecule has 3 N–H and O–H groups in total. The molecule has 1 rings (SSSR count). The molecule has 0 aromatic heterocycles. The van der Waals surface area contributed by atoms with Gasteiger partial charge in [0.1, 0.15) is 0 Å². The SMILES string of the molecule is CNc1ccc(S(N)(=O)=O)c([N+](=O)[O-])c1. The van der Waals surface area contributed by atoms with Crippen LogP contribution in [0.4, 0.5) is 11.4 Å². The van der Waals surface area contributed by atoms with Gasteiger partial charge < -0.3 is 5.32 Å². The molecule has 0 amide bonds. The minimum absolute atomic E-state index is 0.439. The summed E-state index contributed by atoms with van der Waals surface area (Å²) in [5, 5.41) is 18.1. The Morgan fingerprint density at radius 3 is 2.47 bits per heavy atom. The lowest BCUT2D eigenvalue weighted by Crippen LogP contribution is -2.14. The lowest BCUT2D eigenvalue weighted by molar-refractivity contribution is -0.387. The number of benzene rings is 1. The van der Waals surface area contributed by atoms with Crippen molar-refractivity contribution in [1.29, 1.82) is 0 Å². The summed E-state index contributed by atoms with van der Waals surface area (Å²) in [6.07, 6.45) is 0. The van der Waals surface area contributed by atoms with E-state index in [1.807, 2.05) is 0 Å². The van der Waals surface area contributed by atoms with E-state index in [2.05, 4.69) is 5.32 Å². The van der Waals surface area contributed by atoms with Crippen molar-refractivity contribution < 1.29 is 13.3 Å². The van der Waals surface area contributed by atoms with Crippen LogP contribution in [0.2, 0.25) is 0 Å². The van der Waals surface area contributed by atoms with E-state index in [-0.39, 0.29) is 0 Å². The highest BCUT2D eigenvalue weighted by Crippen LogP contribution is 2.25. The average Bonchev–Trinajstić information content (AvgIpc) is 2.15. The fourth-order valence-electron chi connectivity index (χ4n) is 1.06. The number of nitrogens with two attached hydrogens (primary N) is 1. The Bertz CT molecular complexity index is 497. The second-order valence-corrected chi connectivity index (χ2v) is 4.26. The van der Waals surface area contributed by atoms with Gasteiger partial charge in [0, 0.05) is 18.8 Å². The summed E-state index contributed by atoms with van der Waals surface area (Å²) in [7, 11) is -2.51. The fourth-order valence-corrected chi connectivity index (χ4v) is 1.74. The minimum Gasteiger partial charge on any atom is -0.388 e. The van der Waals surface area contributed by atoms with Gasteiger partial charge in [0.25, 0.3) is 5.69 Å². The van der Waals surface area contributed by atoms with Crippen LogP contribution in [0, 0.1) is 10.1 Å². The third kappa shape index (κ3) is 2.42. The van der Waals surface area contributed by atoms with Crippen molar-refractivity contribution in [2.75, 3.05) is 12.4 Å². The maximum absolute atomic E-state index is 11.0. The van der Waals surface area contributed by atoms with Crippen molar-refractivity contribution in [3.05, 3.63) is 28.3 Å². The molecule has 0 heterocycles. The highest BCUT2D eigenvalue weighted by atomic mass is 32.2. The van der Waals surface area contributed by atoms with Crippen molar-refractivity contribution in [3.8, 4) is 0 Å². The molecule has 0 bridgehead atoms. The van der Waals surface area contributed by atoms with Crippen LogP contribution in [0.3, 0.4) is 0 Å². The van der Waals surface area contributed by atoms with E-state index in [9.17, 15) is 18.5 Å². The van der Waals surface area contributed by atoms with Gasteiger partial charge in [-0.2, -0.15) is 0 Å². The first-order valence-corrected chi connectivity index (χ1v) is 5.40. The molecule has 0 aliphatic heterocycles. The van der Waals surface area contributed by atoms with Crippen LogP contribution < -0.4 is 10.5 Å². The standard InChI is InChI=1S/C7H9N3O4S/c1-9-5-2-3-7(15(8,13)14)6(4-5)10(11)12/h2-4,9H,1H3,(H2,8,13,14). The van der Waals surface area contributed by atoms with E-state index < -0.39 is 25.5 Å². The van der Waals surface area contributed by atoms with Crippen LogP contribution in [-0.2, 0) is 10.0 Å². The minimum atomic E-state index is -4.07. The van der Waals surface area contributed by atoms with Crippen molar-refractivity contribution in [2.24, 2.45) is 5.14 Å². The smallest absolute Gasteiger partial charge is 0.291 e. The molecule has 0 aliphatic rings. The molecule has 7 nitrogen and oxygen atoms in total. The van der Waals surface area contributed by atoms with Gasteiger partial charge >= 0.3 is 0 Å². The number of nitrogens with one attached hydrogen (secondary N) is 1.